The number of oxazole rings is 1. The first-order valence-corrected chi connectivity index (χ1v) is 10.1. The SMILES string of the molecule is CCOC(=O)N1CCC(NC(=O)c2coc(-c3cnn(-c4ccccc4)c3N)n2)CC1. The number of nitrogens with one attached hydrogen (secondary N) is 1. The zero-order valence-corrected chi connectivity index (χ0v) is 17.2. The summed E-state index contributed by atoms with van der Waals surface area (Å²) in [5, 5.41) is 7.24. The molecule has 10 nitrogen and oxygen atoms in total. The largest absolute Gasteiger partial charge is 0.450 e. The van der Waals surface area contributed by atoms with Gasteiger partial charge in [0.1, 0.15) is 12.1 Å². The van der Waals surface area contributed by atoms with Crippen molar-refractivity contribution >= 4 is 17.8 Å². The number of nitrogens with two attached hydrogens (primary N) is 1. The van der Waals surface area contributed by atoms with Gasteiger partial charge in [-0.3, -0.25) is 4.79 Å². The lowest BCUT2D eigenvalue weighted by Gasteiger charge is -2.31. The molecular formula is C21H24N6O4. The molecule has 2 aromatic heterocycles. The number of rotatable bonds is 5. The van der Waals surface area contributed by atoms with E-state index in [1.807, 2.05) is 30.3 Å². The first-order chi connectivity index (χ1) is 15.1. The monoisotopic (exact) mass is 424 g/mol. The maximum Gasteiger partial charge on any atom is 0.409 e. The number of piperidine rings is 1. The van der Waals surface area contributed by atoms with Crippen LogP contribution in [0.15, 0.2) is 47.2 Å². The zero-order valence-electron chi connectivity index (χ0n) is 17.2. The number of aromatic nitrogens is 3. The highest BCUT2D eigenvalue weighted by Crippen LogP contribution is 2.27. The Morgan fingerprint density at radius 1 is 1.26 bits per heavy atom. The Kier molecular flexibility index (Phi) is 5.87. The van der Waals surface area contributed by atoms with Gasteiger partial charge < -0.3 is 25.1 Å². The molecule has 0 bridgehead atoms. The zero-order chi connectivity index (χ0) is 21.8. The molecule has 1 aliphatic rings. The fourth-order valence-electron chi connectivity index (χ4n) is 3.48. The summed E-state index contributed by atoms with van der Waals surface area (Å²) in [6, 6.07) is 9.40. The van der Waals surface area contributed by atoms with Gasteiger partial charge >= 0.3 is 6.09 Å². The van der Waals surface area contributed by atoms with Crippen molar-refractivity contribution in [3.63, 3.8) is 0 Å². The van der Waals surface area contributed by atoms with Gasteiger partial charge in [0.15, 0.2) is 5.69 Å². The summed E-state index contributed by atoms with van der Waals surface area (Å²) in [7, 11) is 0. The average molecular weight is 424 g/mol. The van der Waals surface area contributed by atoms with Crippen LogP contribution in [-0.4, -0.2) is 57.4 Å². The normalized spacial score (nSPS) is 14.4. The molecule has 10 heteroatoms. The number of anilines is 1. The molecule has 1 fully saturated rings. The van der Waals surface area contributed by atoms with Crippen molar-refractivity contribution in [3.8, 4) is 17.1 Å². The summed E-state index contributed by atoms with van der Waals surface area (Å²) in [5.74, 6) is 0.256. The predicted octanol–water partition coefficient (Wildman–Crippen LogP) is 2.46. The minimum absolute atomic E-state index is 0.0516. The van der Waals surface area contributed by atoms with Crippen LogP contribution >= 0.6 is 0 Å². The van der Waals surface area contributed by atoms with E-state index in [1.54, 1.807) is 22.7 Å². The van der Waals surface area contributed by atoms with Crippen LogP contribution in [0.4, 0.5) is 10.6 Å². The second kappa shape index (κ2) is 8.90. The van der Waals surface area contributed by atoms with Crippen molar-refractivity contribution < 1.29 is 18.7 Å². The highest BCUT2D eigenvalue weighted by atomic mass is 16.6. The molecule has 0 atom stereocenters. The number of likely N-dealkylation sites (tertiary alicyclic amines) is 1. The van der Waals surface area contributed by atoms with E-state index >= 15 is 0 Å². The third kappa shape index (κ3) is 4.37. The molecule has 0 spiro atoms. The molecule has 4 rings (SSSR count). The summed E-state index contributed by atoms with van der Waals surface area (Å²) in [4.78, 5) is 30.3. The number of hydrogen-bond donors (Lipinski definition) is 2. The number of nitrogen functional groups attached to an aromatic ring is 1. The van der Waals surface area contributed by atoms with Crippen molar-refractivity contribution in [3.05, 3.63) is 48.5 Å². The topological polar surface area (TPSA) is 129 Å². The number of ether oxygens (including phenoxy) is 1. The van der Waals surface area contributed by atoms with Gasteiger partial charge in [0.05, 0.1) is 24.1 Å². The standard InChI is InChI=1S/C21H24N6O4/c1-2-30-21(29)26-10-8-14(9-11-26)24-19(28)17-13-31-20(25-17)16-12-23-27(18(16)22)15-6-4-3-5-7-15/h3-7,12-14H,2,8-11,22H2,1H3,(H,24,28). The van der Waals surface area contributed by atoms with Crippen LogP contribution < -0.4 is 11.1 Å². The highest BCUT2D eigenvalue weighted by molar-refractivity contribution is 5.92. The lowest BCUT2D eigenvalue weighted by atomic mass is 10.1. The second-order valence-corrected chi connectivity index (χ2v) is 7.16. The summed E-state index contributed by atoms with van der Waals surface area (Å²) < 4.78 is 12.1. The Hall–Kier alpha value is -3.82. The maximum atomic E-state index is 12.6. The number of benzene rings is 1. The second-order valence-electron chi connectivity index (χ2n) is 7.16. The first-order valence-electron chi connectivity index (χ1n) is 10.1. The quantitative estimate of drug-likeness (QED) is 0.644. The molecule has 3 heterocycles. The first kappa shape index (κ1) is 20.5. The van der Waals surface area contributed by atoms with Gasteiger partial charge in [-0.15, -0.1) is 0 Å². The molecule has 31 heavy (non-hydrogen) atoms. The van der Waals surface area contributed by atoms with E-state index < -0.39 is 0 Å². The van der Waals surface area contributed by atoms with Crippen LogP contribution in [-0.2, 0) is 4.74 Å². The Balaban J connectivity index is 1.39. The van der Waals surface area contributed by atoms with Crippen molar-refractivity contribution in [1.29, 1.82) is 0 Å². The number of carbonyl (C=O) groups is 2. The van der Waals surface area contributed by atoms with Gasteiger partial charge in [0, 0.05) is 19.1 Å². The summed E-state index contributed by atoms with van der Waals surface area (Å²) >= 11 is 0. The third-order valence-corrected chi connectivity index (χ3v) is 5.13. The lowest BCUT2D eigenvalue weighted by molar-refractivity contribution is 0.0856. The van der Waals surface area contributed by atoms with Crippen molar-refractivity contribution in [2.75, 3.05) is 25.4 Å². The van der Waals surface area contributed by atoms with Gasteiger partial charge in [-0.25, -0.2) is 14.5 Å². The van der Waals surface area contributed by atoms with E-state index in [2.05, 4.69) is 15.4 Å². The fourth-order valence-corrected chi connectivity index (χ4v) is 3.48. The maximum absolute atomic E-state index is 12.6. The van der Waals surface area contributed by atoms with E-state index in [4.69, 9.17) is 14.9 Å². The molecule has 0 unspecified atom stereocenters. The molecule has 162 valence electrons. The Morgan fingerprint density at radius 2 is 2.00 bits per heavy atom. The van der Waals surface area contributed by atoms with Crippen molar-refractivity contribution in [2.45, 2.75) is 25.8 Å². The predicted molar refractivity (Wildman–Crippen MR) is 113 cm³/mol. The van der Waals surface area contributed by atoms with E-state index in [0.717, 1.165) is 5.69 Å². The van der Waals surface area contributed by atoms with Crippen molar-refractivity contribution in [2.24, 2.45) is 0 Å². The summed E-state index contributed by atoms with van der Waals surface area (Å²) in [6.07, 6.45) is 3.83. The molecule has 3 N–H and O–H groups in total. The van der Waals surface area contributed by atoms with Gasteiger partial charge in [0.2, 0.25) is 5.89 Å². The van der Waals surface area contributed by atoms with Crippen LogP contribution in [0.5, 0.6) is 0 Å². The molecule has 0 aliphatic carbocycles. The van der Waals surface area contributed by atoms with Gasteiger partial charge in [-0.2, -0.15) is 5.10 Å². The highest BCUT2D eigenvalue weighted by Gasteiger charge is 2.26. The van der Waals surface area contributed by atoms with Crippen LogP contribution in [0.2, 0.25) is 0 Å². The Bertz CT molecular complexity index is 1050. The smallest absolute Gasteiger partial charge is 0.409 e. The number of para-hydroxylation sites is 1. The van der Waals surface area contributed by atoms with Gasteiger partial charge in [0.25, 0.3) is 5.91 Å². The third-order valence-electron chi connectivity index (χ3n) is 5.13. The van der Waals surface area contributed by atoms with Crippen LogP contribution in [0.3, 0.4) is 0 Å². The average Bonchev–Trinajstić information content (AvgIpc) is 3.42. The Labute approximate surface area is 179 Å². The van der Waals surface area contributed by atoms with E-state index in [0.29, 0.717) is 43.9 Å². The Morgan fingerprint density at radius 3 is 2.71 bits per heavy atom. The van der Waals surface area contributed by atoms with Crippen LogP contribution in [0, 0.1) is 0 Å². The van der Waals surface area contributed by atoms with E-state index in [-0.39, 0.29) is 29.6 Å². The van der Waals surface area contributed by atoms with Gasteiger partial charge in [-0.05, 0) is 31.9 Å². The molecule has 1 aliphatic heterocycles. The summed E-state index contributed by atoms with van der Waals surface area (Å²) in [6.45, 7) is 3.18. The van der Waals surface area contributed by atoms with Gasteiger partial charge in [-0.1, -0.05) is 18.2 Å². The molecule has 0 radical (unpaired) electrons. The molecule has 0 saturated carbocycles. The van der Waals surface area contributed by atoms with Crippen LogP contribution in [0.1, 0.15) is 30.3 Å². The molecular weight excluding hydrogens is 400 g/mol. The minimum atomic E-state index is -0.335. The number of amides is 2. The number of nitrogens with zero attached hydrogens (tertiary/aromatic N) is 4. The fraction of sp³-hybridized carbons (Fsp3) is 0.333. The summed E-state index contributed by atoms with van der Waals surface area (Å²) in [5.41, 5.74) is 7.70. The van der Waals surface area contributed by atoms with E-state index in [1.165, 1.54) is 6.26 Å². The number of carbonyl (C=O) groups excluding carboxylic acids is 2. The molecule has 1 aromatic carbocycles. The number of hydrogen-bond acceptors (Lipinski definition) is 7. The van der Waals surface area contributed by atoms with Crippen LogP contribution in [0.25, 0.3) is 17.1 Å². The van der Waals surface area contributed by atoms with E-state index in [9.17, 15) is 9.59 Å². The van der Waals surface area contributed by atoms with Crippen molar-refractivity contribution in [1.82, 2.24) is 25.0 Å². The molecule has 3 aromatic rings. The molecule has 1 saturated heterocycles. The minimum Gasteiger partial charge on any atom is -0.450 e. The lowest BCUT2D eigenvalue weighted by Crippen LogP contribution is -2.46. The molecule has 2 amide bonds.